The smallest absolute Gasteiger partial charge is 0.317 e. The van der Waals surface area contributed by atoms with E-state index in [4.69, 9.17) is 9.47 Å². The number of nitrogens with zero attached hydrogens (tertiary/aromatic N) is 1. The van der Waals surface area contributed by atoms with E-state index in [1.54, 1.807) is 19.1 Å². The highest BCUT2D eigenvalue weighted by Gasteiger charge is 2.39. The molecule has 0 aliphatic carbocycles. The van der Waals surface area contributed by atoms with Gasteiger partial charge in [-0.05, 0) is 37.5 Å². The van der Waals surface area contributed by atoms with Gasteiger partial charge in [0.25, 0.3) is 0 Å². The van der Waals surface area contributed by atoms with Crippen molar-refractivity contribution in [1.29, 1.82) is 0 Å². The van der Waals surface area contributed by atoms with E-state index < -0.39 is 5.41 Å². The molecule has 1 unspecified atom stereocenters. The lowest BCUT2D eigenvalue weighted by molar-refractivity contribution is -0.132. The number of piperidine rings is 1. The van der Waals surface area contributed by atoms with Crippen LogP contribution in [0.4, 0.5) is 4.79 Å². The van der Waals surface area contributed by atoms with Crippen molar-refractivity contribution < 1.29 is 19.1 Å². The summed E-state index contributed by atoms with van der Waals surface area (Å²) in [4.78, 5) is 26.7. The van der Waals surface area contributed by atoms with Gasteiger partial charge in [0, 0.05) is 33.3 Å². The summed E-state index contributed by atoms with van der Waals surface area (Å²) in [5.41, 5.74) is 0.390. The van der Waals surface area contributed by atoms with Gasteiger partial charge in [-0.1, -0.05) is 12.1 Å². The number of hydrogen-bond donors (Lipinski definition) is 2. The highest BCUT2D eigenvalue weighted by Crippen LogP contribution is 2.30. The SMILES string of the molecule is COCCNC(=O)N1CCCC(C)(C(=O)NCc2cccc(OC)c2)C1. The minimum atomic E-state index is -0.588. The molecule has 7 heteroatoms. The van der Waals surface area contributed by atoms with Crippen molar-refractivity contribution in [3.63, 3.8) is 0 Å². The second-order valence-electron chi connectivity index (χ2n) is 6.84. The van der Waals surface area contributed by atoms with E-state index in [1.165, 1.54) is 0 Å². The molecule has 26 heavy (non-hydrogen) atoms. The van der Waals surface area contributed by atoms with Gasteiger partial charge in [-0.2, -0.15) is 0 Å². The number of urea groups is 1. The Morgan fingerprint density at radius 1 is 1.27 bits per heavy atom. The molecule has 2 N–H and O–H groups in total. The summed E-state index contributed by atoms with van der Waals surface area (Å²) >= 11 is 0. The third kappa shape index (κ3) is 5.36. The lowest BCUT2D eigenvalue weighted by Crippen LogP contribution is -2.54. The molecule has 0 radical (unpaired) electrons. The van der Waals surface area contributed by atoms with Crippen LogP contribution in [-0.2, 0) is 16.1 Å². The number of carbonyl (C=O) groups excluding carboxylic acids is 2. The highest BCUT2D eigenvalue weighted by atomic mass is 16.5. The fourth-order valence-corrected chi connectivity index (χ4v) is 3.15. The van der Waals surface area contributed by atoms with Crippen LogP contribution in [0.15, 0.2) is 24.3 Å². The van der Waals surface area contributed by atoms with E-state index in [1.807, 2.05) is 31.2 Å². The quantitative estimate of drug-likeness (QED) is 0.724. The van der Waals surface area contributed by atoms with Crippen LogP contribution in [0.25, 0.3) is 0 Å². The molecular weight excluding hydrogens is 334 g/mol. The minimum Gasteiger partial charge on any atom is -0.497 e. The van der Waals surface area contributed by atoms with Crippen LogP contribution in [0.3, 0.4) is 0 Å². The summed E-state index contributed by atoms with van der Waals surface area (Å²) in [7, 11) is 3.21. The van der Waals surface area contributed by atoms with E-state index in [2.05, 4.69) is 10.6 Å². The molecule has 1 heterocycles. The van der Waals surface area contributed by atoms with Gasteiger partial charge in [-0.25, -0.2) is 4.79 Å². The van der Waals surface area contributed by atoms with Gasteiger partial charge in [-0.15, -0.1) is 0 Å². The van der Waals surface area contributed by atoms with Crippen molar-refractivity contribution in [1.82, 2.24) is 15.5 Å². The van der Waals surface area contributed by atoms with E-state index in [0.29, 0.717) is 32.8 Å². The van der Waals surface area contributed by atoms with Gasteiger partial charge in [0.2, 0.25) is 5.91 Å². The molecule has 0 bridgehead atoms. The molecule has 1 aromatic rings. The maximum Gasteiger partial charge on any atom is 0.317 e. The van der Waals surface area contributed by atoms with E-state index in [-0.39, 0.29) is 11.9 Å². The zero-order valence-corrected chi connectivity index (χ0v) is 15.8. The molecule has 1 saturated heterocycles. The monoisotopic (exact) mass is 363 g/mol. The number of methoxy groups -OCH3 is 2. The molecule has 1 aliphatic heterocycles. The van der Waals surface area contributed by atoms with Crippen LogP contribution >= 0.6 is 0 Å². The highest BCUT2D eigenvalue weighted by molar-refractivity contribution is 5.84. The van der Waals surface area contributed by atoms with E-state index in [0.717, 1.165) is 24.2 Å². The largest absolute Gasteiger partial charge is 0.497 e. The lowest BCUT2D eigenvalue weighted by atomic mass is 9.81. The Labute approximate surface area is 155 Å². The molecule has 1 fully saturated rings. The Morgan fingerprint density at radius 3 is 2.81 bits per heavy atom. The van der Waals surface area contributed by atoms with Gasteiger partial charge in [0.1, 0.15) is 5.75 Å². The number of benzene rings is 1. The zero-order chi connectivity index (χ0) is 19.0. The van der Waals surface area contributed by atoms with Gasteiger partial charge in [0.15, 0.2) is 0 Å². The fraction of sp³-hybridized carbons (Fsp3) is 0.579. The van der Waals surface area contributed by atoms with Gasteiger partial charge in [-0.3, -0.25) is 4.79 Å². The number of amides is 3. The fourth-order valence-electron chi connectivity index (χ4n) is 3.15. The number of likely N-dealkylation sites (tertiary alicyclic amines) is 1. The van der Waals surface area contributed by atoms with Crippen LogP contribution in [-0.4, -0.2) is 57.3 Å². The first-order valence-corrected chi connectivity index (χ1v) is 8.91. The Balaban J connectivity index is 1.90. The predicted molar refractivity (Wildman–Crippen MR) is 99.0 cm³/mol. The first kappa shape index (κ1) is 20.0. The Bertz CT molecular complexity index is 623. The second kappa shape index (κ2) is 9.43. The normalized spacial score (nSPS) is 19.7. The second-order valence-corrected chi connectivity index (χ2v) is 6.84. The summed E-state index contributed by atoms with van der Waals surface area (Å²) < 4.78 is 10.1. The Morgan fingerprint density at radius 2 is 2.08 bits per heavy atom. The van der Waals surface area contributed by atoms with Crippen molar-refractivity contribution in [2.45, 2.75) is 26.3 Å². The van der Waals surface area contributed by atoms with Crippen LogP contribution in [0.1, 0.15) is 25.3 Å². The van der Waals surface area contributed by atoms with Gasteiger partial charge in [0.05, 0.1) is 19.1 Å². The van der Waals surface area contributed by atoms with Crippen LogP contribution < -0.4 is 15.4 Å². The molecule has 2 rings (SSSR count). The van der Waals surface area contributed by atoms with Gasteiger partial charge < -0.3 is 25.0 Å². The van der Waals surface area contributed by atoms with Crippen LogP contribution in [0.5, 0.6) is 5.75 Å². The molecule has 1 atom stereocenters. The average Bonchev–Trinajstić information content (AvgIpc) is 2.66. The third-order valence-electron chi connectivity index (χ3n) is 4.70. The molecule has 3 amide bonds. The number of ether oxygens (including phenoxy) is 2. The summed E-state index contributed by atoms with van der Waals surface area (Å²) in [5.74, 6) is 0.731. The van der Waals surface area contributed by atoms with Crippen LogP contribution in [0, 0.1) is 5.41 Å². The maximum absolute atomic E-state index is 12.8. The van der Waals surface area contributed by atoms with Crippen molar-refractivity contribution in [2.75, 3.05) is 40.5 Å². The van der Waals surface area contributed by atoms with Crippen molar-refractivity contribution >= 4 is 11.9 Å². The van der Waals surface area contributed by atoms with Gasteiger partial charge >= 0.3 is 6.03 Å². The van der Waals surface area contributed by atoms with Crippen molar-refractivity contribution in [3.8, 4) is 5.75 Å². The van der Waals surface area contributed by atoms with Crippen LogP contribution in [0.2, 0.25) is 0 Å². The number of carbonyl (C=O) groups is 2. The lowest BCUT2D eigenvalue weighted by Gasteiger charge is -2.39. The Hall–Kier alpha value is -2.28. The molecule has 0 saturated carbocycles. The summed E-state index contributed by atoms with van der Waals surface area (Å²) in [6.07, 6.45) is 1.57. The first-order chi connectivity index (χ1) is 12.5. The van der Waals surface area contributed by atoms with E-state index in [9.17, 15) is 9.59 Å². The summed E-state index contributed by atoms with van der Waals surface area (Å²) in [6.45, 7) is 4.37. The summed E-state index contributed by atoms with van der Waals surface area (Å²) in [5, 5.41) is 5.82. The Kier molecular flexibility index (Phi) is 7.26. The first-order valence-electron chi connectivity index (χ1n) is 8.91. The minimum absolute atomic E-state index is 0.0327. The topological polar surface area (TPSA) is 79.9 Å². The van der Waals surface area contributed by atoms with Crippen molar-refractivity contribution in [3.05, 3.63) is 29.8 Å². The molecule has 144 valence electrons. The third-order valence-corrected chi connectivity index (χ3v) is 4.70. The average molecular weight is 363 g/mol. The van der Waals surface area contributed by atoms with E-state index >= 15 is 0 Å². The predicted octanol–water partition coefficient (Wildman–Crippen LogP) is 1.77. The standard InChI is InChI=1S/C19H29N3O4/c1-19(8-5-10-22(14-19)18(24)20-9-11-25-2)17(23)21-13-15-6-4-7-16(12-15)26-3/h4,6-7,12H,5,8-11,13-14H2,1-3H3,(H,20,24)(H,21,23). The number of hydrogen-bond acceptors (Lipinski definition) is 4. The number of nitrogens with one attached hydrogen (secondary N) is 2. The van der Waals surface area contributed by atoms with Crippen molar-refractivity contribution in [2.24, 2.45) is 5.41 Å². The number of rotatable bonds is 7. The molecule has 0 aromatic heterocycles. The molecule has 1 aliphatic rings. The zero-order valence-electron chi connectivity index (χ0n) is 15.8. The molecule has 0 spiro atoms. The summed E-state index contributed by atoms with van der Waals surface area (Å²) in [6, 6.07) is 7.47. The molecule has 7 nitrogen and oxygen atoms in total. The molecule has 1 aromatic carbocycles. The maximum atomic E-state index is 12.8. The molecular formula is C19H29N3O4.